The Hall–Kier alpha value is -1.80. The molecular formula is C19H18NNaO5S. The molecule has 1 N–H and O–H groups in total. The molecular weight excluding hydrogens is 377 g/mol. The second-order valence-corrected chi connectivity index (χ2v) is 6.58. The number of benzene rings is 2. The van der Waals surface area contributed by atoms with Crippen molar-refractivity contribution in [3.05, 3.63) is 71.8 Å². The zero-order valence-corrected chi connectivity index (χ0v) is 17.9. The molecule has 1 amide bonds. The number of hydrogen-bond acceptors (Lipinski definition) is 6. The zero-order valence-electron chi connectivity index (χ0n) is 15.1. The van der Waals surface area contributed by atoms with Gasteiger partial charge in [-0.3, -0.25) is 4.79 Å². The molecule has 27 heavy (non-hydrogen) atoms. The van der Waals surface area contributed by atoms with Gasteiger partial charge in [0.25, 0.3) is 0 Å². The van der Waals surface area contributed by atoms with Crippen LogP contribution in [0.25, 0.3) is 0 Å². The van der Waals surface area contributed by atoms with Gasteiger partial charge in [-0.25, -0.2) is 4.79 Å². The number of carbonyl (C=O) groups excluding carboxylic acids is 3. The van der Waals surface area contributed by atoms with Gasteiger partial charge in [-0.15, -0.1) is 0 Å². The Kier molecular flexibility index (Phi) is 10.2. The van der Waals surface area contributed by atoms with E-state index in [0.717, 1.165) is 5.56 Å². The van der Waals surface area contributed by atoms with Crippen molar-refractivity contribution in [3.63, 3.8) is 0 Å². The van der Waals surface area contributed by atoms with E-state index in [9.17, 15) is 19.5 Å². The molecule has 0 fully saturated rings. The third-order valence-electron chi connectivity index (χ3n) is 3.45. The van der Waals surface area contributed by atoms with Crippen molar-refractivity contribution in [1.82, 2.24) is 5.32 Å². The van der Waals surface area contributed by atoms with Crippen molar-refractivity contribution in [2.45, 2.75) is 24.8 Å². The maximum Gasteiger partial charge on any atom is 1.00 e. The maximum atomic E-state index is 12.2. The summed E-state index contributed by atoms with van der Waals surface area (Å²) in [6.07, 6.45) is -0.750. The summed E-state index contributed by atoms with van der Waals surface area (Å²) < 4.78 is 5.05. The molecule has 0 aliphatic rings. The first-order valence-electron chi connectivity index (χ1n) is 7.91. The van der Waals surface area contributed by atoms with Crippen LogP contribution in [0.5, 0.6) is 0 Å². The van der Waals surface area contributed by atoms with E-state index in [4.69, 9.17) is 4.74 Å². The number of carboxylic acid groups (broad SMARTS) is 1. The molecule has 0 bridgehead atoms. The molecule has 0 aliphatic carbocycles. The van der Waals surface area contributed by atoms with E-state index >= 15 is 0 Å². The zero-order chi connectivity index (χ0) is 18.9. The molecule has 2 atom stereocenters. The molecule has 2 rings (SSSR count). The number of hydrogen-bond donors (Lipinski definition) is 1. The molecule has 0 radical (unpaired) electrons. The van der Waals surface area contributed by atoms with Gasteiger partial charge in [0.2, 0.25) is 5.12 Å². The number of rotatable bonds is 7. The van der Waals surface area contributed by atoms with Crippen LogP contribution in [-0.4, -0.2) is 23.2 Å². The first kappa shape index (κ1) is 23.2. The van der Waals surface area contributed by atoms with Gasteiger partial charge in [0.15, 0.2) is 0 Å². The van der Waals surface area contributed by atoms with Crippen LogP contribution in [0.15, 0.2) is 60.7 Å². The summed E-state index contributed by atoms with van der Waals surface area (Å²) in [7, 11) is 0. The number of ether oxygens (including phenoxy) is 1. The summed E-state index contributed by atoms with van der Waals surface area (Å²) in [6, 6.07) is 16.5. The topological polar surface area (TPSA) is 95.5 Å². The van der Waals surface area contributed by atoms with E-state index in [1.807, 2.05) is 30.3 Å². The standard InChI is InChI=1S/C19H19NO5S.Na/c1-13(20-19(24)25-12-14-8-4-2-5-9-14)18(23)26-16(17(21)22)15-10-6-3-7-11-15;/h2-11,13,16H,12H2,1H3,(H,20,24)(H,21,22);/q;+1/p-1/t13-,16-;/m1./s1. The monoisotopic (exact) mass is 395 g/mol. The second-order valence-electron chi connectivity index (χ2n) is 5.47. The van der Waals surface area contributed by atoms with E-state index < -0.39 is 28.5 Å². The van der Waals surface area contributed by atoms with Crippen LogP contribution in [-0.2, 0) is 20.9 Å². The Labute approximate surface area is 184 Å². The number of thioether (sulfide) groups is 1. The second kappa shape index (κ2) is 11.8. The third-order valence-corrected chi connectivity index (χ3v) is 4.74. The van der Waals surface area contributed by atoms with Gasteiger partial charge in [-0.05, 0) is 18.1 Å². The van der Waals surface area contributed by atoms with Gasteiger partial charge in [0, 0.05) is 0 Å². The number of nitrogens with one attached hydrogen (secondary N) is 1. The van der Waals surface area contributed by atoms with Gasteiger partial charge in [0.05, 0.1) is 17.3 Å². The SMILES string of the molecule is C[C@@H](NC(=O)OCc1ccccc1)C(=O)S[C@@H](C(=O)[O-])c1ccccc1.[Na+]. The quantitative estimate of drug-likeness (QED) is 0.608. The molecule has 0 heterocycles. The fraction of sp³-hybridized carbons (Fsp3) is 0.211. The Morgan fingerprint density at radius 1 is 1.04 bits per heavy atom. The average Bonchev–Trinajstić information content (AvgIpc) is 2.65. The summed E-state index contributed by atoms with van der Waals surface area (Å²) in [4.78, 5) is 35.4. The van der Waals surface area contributed by atoms with E-state index in [1.54, 1.807) is 30.3 Å². The maximum absolute atomic E-state index is 12.2. The first-order chi connectivity index (χ1) is 12.5. The van der Waals surface area contributed by atoms with E-state index in [0.29, 0.717) is 17.3 Å². The van der Waals surface area contributed by atoms with Crippen molar-refractivity contribution >= 4 is 28.9 Å². The van der Waals surface area contributed by atoms with Crippen LogP contribution in [0.1, 0.15) is 23.3 Å². The normalized spacial score (nSPS) is 12.2. The largest absolute Gasteiger partial charge is 1.00 e. The third kappa shape index (κ3) is 7.76. The Balaban J connectivity index is 0.00000364. The van der Waals surface area contributed by atoms with Crippen molar-refractivity contribution in [3.8, 4) is 0 Å². The predicted octanol–water partition coefficient (Wildman–Crippen LogP) is -0.944. The van der Waals surface area contributed by atoms with Crippen LogP contribution >= 0.6 is 11.8 Å². The summed E-state index contributed by atoms with van der Waals surface area (Å²) >= 11 is 0.599. The molecule has 0 spiro atoms. The van der Waals surface area contributed by atoms with Crippen molar-refractivity contribution in [2.75, 3.05) is 0 Å². The van der Waals surface area contributed by atoms with Crippen molar-refractivity contribution < 1.29 is 53.8 Å². The fourth-order valence-corrected chi connectivity index (χ4v) is 2.98. The van der Waals surface area contributed by atoms with Crippen LogP contribution in [0.4, 0.5) is 4.79 Å². The Bertz CT molecular complexity index is 757. The van der Waals surface area contributed by atoms with Gasteiger partial charge in [-0.2, -0.15) is 0 Å². The fourth-order valence-electron chi connectivity index (χ4n) is 2.10. The van der Waals surface area contributed by atoms with Crippen LogP contribution in [0.2, 0.25) is 0 Å². The minimum absolute atomic E-state index is 0. The van der Waals surface area contributed by atoms with Gasteiger partial charge >= 0.3 is 35.7 Å². The molecule has 0 saturated carbocycles. The molecule has 0 saturated heterocycles. The van der Waals surface area contributed by atoms with Gasteiger partial charge in [0.1, 0.15) is 6.61 Å². The Morgan fingerprint density at radius 2 is 1.59 bits per heavy atom. The average molecular weight is 395 g/mol. The smallest absolute Gasteiger partial charge is 0.549 e. The van der Waals surface area contributed by atoms with Crippen molar-refractivity contribution in [1.29, 1.82) is 0 Å². The minimum Gasteiger partial charge on any atom is -0.549 e. The van der Waals surface area contributed by atoms with E-state index in [2.05, 4.69) is 5.32 Å². The van der Waals surface area contributed by atoms with Crippen LogP contribution < -0.4 is 40.0 Å². The van der Waals surface area contributed by atoms with Crippen molar-refractivity contribution in [2.24, 2.45) is 0 Å². The molecule has 0 aromatic heterocycles. The number of carboxylic acids is 1. The van der Waals surface area contributed by atoms with Crippen LogP contribution in [0, 0.1) is 0 Å². The van der Waals surface area contributed by atoms with Crippen LogP contribution in [0.3, 0.4) is 0 Å². The first-order valence-corrected chi connectivity index (χ1v) is 8.79. The minimum atomic E-state index is -1.37. The molecule has 2 aromatic rings. The molecule has 8 heteroatoms. The van der Waals surface area contributed by atoms with Gasteiger partial charge in [-0.1, -0.05) is 72.4 Å². The summed E-state index contributed by atoms with van der Waals surface area (Å²) in [6.45, 7) is 1.54. The van der Waals surface area contributed by atoms with E-state index in [1.165, 1.54) is 6.92 Å². The summed E-state index contributed by atoms with van der Waals surface area (Å²) in [5.41, 5.74) is 1.27. The number of carbonyl (C=O) groups is 3. The summed E-state index contributed by atoms with van der Waals surface area (Å²) in [5, 5.41) is 12.1. The molecule has 0 unspecified atom stereocenters. The molecule has 0 aliphatic heterocycles. The predicted molar refractivity (Wildman–Crippen MR) is 96.0 cm³/mol. The number of amides is 1. The molecule has 2 aromatic carbocycles. The summed E-state index contributed by atoms with van der Waals surface area (Å²) in [5.74, 6) is -1.37. The van der Waals surface area contributed by atoms with E-state index in [-0.39, 0.29) is 36.2 Å². The Morgan fingerprint density at radius 3 is 2.15 bits per heavy atom. The molecule has 6 nitrogen and oxygen atoms in total. The molecule has 136 valence electrons. The number of alkyl carbamates (subject to hydrolysis) is 1. The van der Waals surface area contributed by atoms with Gasteiger partial charge < -0.3 is 20.0 Å². The number of aliphatic carboxylic acids is 1.